The quantitative estimate of drug-likeness (QED) is 0.0262. The number of hydrogen-bond acceptors (Lipinski definition) is 8. The Morgan fingerprint density at radius 2 is 0.984 bits per heavy atom. The minimum absolute atomic E-state index is 0.209. The van der Waals surface area contributed by atoms with Crippen molar-refractivity contribution in [3.63, 3.8) is 0 Å². The van der Waals surface area contributed by atoms with Crippen LogP contribution in [0.3, 0.4) is 0 Å². The second-order valence-electron chi connectivity index (χ2n) is 17.6. The van der Waals surface area contributed by atoms with Crippen LogP contribution in [0, 0.1) is 0 Å². The summed E-state index contributed by atoms with van der Waals surface area (Å²) in [6.07, 6.45) is 55.3. The molecule has 0 aromatic carbocycles. The van der Waals surface area contributed by atoms with Gasteiger partial charge >= 0.3 is 0 Å². The lowest BCUT2D eigenvalue weighted by molar-refractivity contribution is -0.302. The number of aliphatic hydroxyl groups is 5. The smallest absolute Gasteiger partial charge is 0.220 e. The van der Waals surface area contributed by atoms with Gasteiger partial charge in [-0.1, -0.05) is 208 Å². The molecule has 1 heterocycles. The molecule has 0 bridgehead atoms. The summed E-state index contributed by atoms with van der Waals surface area (Å²) in [7, 11) is 0. The fourth-order valence-electron chi connectivity index (χ4n) is 7.61. The molecule has 9 nitrogen and oxygen atoms in total. The highest BCUT2D eigenvalue weighted by molar-refractivity contribution is 5.76. The summed E-state index contributed by atoms with van der Waals surface area (Å²) >= 11 is 0. The summed E-state index contributed by atoms with van der Waals surface area (Å²) in [5.41, 5.74) is 0. The molecule has 1 aliphatic rings. The lowest BCUT2D eigenvalue weighted by Gasteiger charge is -2.40. The number of amides is 1. The second-order valence-corrected chi connectivity index (χ2v) is 17.6. The van der Waals surface area contributed by atoms with Crippen LogP contribution in [0.1, 0.15) is 200 Å². The molecule has 1 aliphatic heterocycles. The van der Waals surface area contributed by atoms with Gasteiger partial charge in [-0.15, -0.1) is 0 Å². The monoisotopic (exact) mass is 898 g/mol. The molecule has 1 fully saturated rings. The van der Waals surface area contributed by atoms with E-state index in [1.807, 2.05) is 18.2 Å². The summed E-state index contributed by atoms with van der Waals surface area (Å²) in [6.45, 7) is 3.58. The largest absolute Gasteiger partial charge is 0.394 e. The predicted molar refractivity (Wildman–Crippen MR) is 267 cm³/mol. The maximum atomic E-state index is 12.9. The first-order chi connectivity index (χ1) is 31.3. The first-order valence-electron chi connectivity index (χ1n) is 25.8. The van der Waals surface area contributed by atoms with Crippen molar-refractivity contribution in [3.8, 4) is 0 Å². The Morgan fingerprint density at radius 1 is 0.547 bits per heavy atom. The Bertz CT molecular complexity index is 1270. The minimum atomic E-state index is -1.59. The molecule has 1 rings (SSSR count). The Morgan fingerprint density at radius 3 is 1.48 bits per heavy atom. The van der Waals surface area contributed by atoms with Crippen LogP contribution in [0.4, 0.5) is 0 Å². The number of carbonyl (C=O) groups excluding carboxylic acids is 1. The molecule has 7 unspecified atom stereocenters. The molecule has 368 valence electrons. The van der Waals surface area contributed by atoms with Crippen molar-refractivity contribution in [2.24, 2.45) is 0 Å². The fourth-order valence-corrected chi connectivity index (χ4v) is 7.61. The number of ether oxygens (including phenoxy) is 2. The van der Waals surface area contributed by atoms with Crippen molar-refractivity contribution in [2.45, 2.75) is 243 Å². The van der Waals surface area contributed by atoms with Crippen molar-refractivity contribution in [3.05, 3.63) is 85.1 Å². The average molecular weight is 898 g/mol. The van der Waals surface area contributed by atoms with E-state index < -0.39 is 49.5 Å². The molecular formula is C55H95NO8. The third kappa shape index (κ3) is 33.8. The number of aliphatic hydroxyl groups excluding tert-OH is 5. The summed E-state index contributed by atoms with van der Waals surface area (Å²) < 4.78 is 11.2. The number of hydrogen-bond donors (Lipinski definition) is 6. The van der Waals surface area contributed by atoms with Crippen molar-refractivity contribution >= 4 is 5.91 Å². The van der Waals surface area contributed by atoms with Crippen molar-refractivity contribution in [1.82, 2.24) is 5.32 Å². The summed E-state index contributed by atoms with van der Waals surface area (Å²) in [4.78, 5) is 12.9. The molecule has 0 saturated carbocycles. The summed E-state index contributed by atoms with van der Waals surface area (Å²) in [5, 5.41) is 54.2. The lowest BCUT2D eigenvalue weighted by Crippen LogP contribution is -2.60. The van der Waals surface area contributed by atoms with Gasteiger partial charge in [-0.3, -0.25) is 4.79 Å². The van der Waals surface area contributed by atoms with E-state index in [0.717, 1.165) is 51.4 Å². The summed E-state index contributed by atoms with van der Waals surface area (Å²) in [6, 6.07) is -0.871. The molecule has 9 heteroatoms. The van der Waals surface area contributed by atoms with E-state index in [-0.39, 0.29) is 18.9 Å². The number of nitrogens with one attached hydrogen (secondary N) is 1. The van der Waals surface area contributed by atoms with E-state index in [1.54, 1.807) is 6.08 Å². The Kier molecular flexibility index (Phi) is 41.0. The maximum absolute atomic E-state index is 12.9. The van der Waals surface area contributed by atoms with E-state index in [9.17, 15) is 30.3 Å². The minimum Gasteiger partial charge on any atom is -0.394 e. The van der Waals surface area contributed by atoms with Crippen molar-refractivity contribution in [1.29, 1.82) is 0 Å². The van der Waals surface area contributed by atoms with Crippen LogP contribution in [0.25, 0.3) is 0 Å². The first kappa shape index (κ1) is 59.4. The van der Waals surface area contributed by atoms with Gasteiger partial charge in [-0.2, -0.15) is 0 Å². The fraction of sp³-hybridized carbons (Fsp3) is 0.727. The zero-order chi connectivity index (χ0) is 46.6. The zero-order valence-corrected chi connectivity index (χ0v) is 40.5. The first-order valence-corrected chi connectivity index (χ1v) is 25.8. The number of unbranched alkanes of at least 4 members (excludes halogenated alkanes) is 20. The highest BCUT2D eigenvalue weighted by atomic mass is 16.7. The van der Waals surface area contributed by atoms with Gasteiger partial charge in [0, 0.05) is 6.42 Å². The Hall–Kier alpha value is -2.63. The van der Waals surface area contributed by atoms with Gasteiger partial charge in [0.25, 0.3) is 0 Å². The van der Waals surface area contributed by atoms with Crippen LogP contribution in [0.2, 0.25) is 0 Å². The highest BCUT2D eigenvalue weighted by Gasteiger charge is 2.44. The van der Waals surface area contributed by atoms with Crippen LogP contribution >= 0.6 is 0 Å². The van der Waals surface area contributed by atoms with Gasteiger partial charge < -0.3 is 40.3 Å². The molecule has 1 saturated heterocycles. The van der Waals surface area contributed by atoms with E-state index in [2.05, 4.69) is 79.9 Å². The van der Waals surface area contributed by atoms with Gasteiger partial charge in [0.2, 0.25) is 5.91 Å². The number of allylic oxidation sites excluding steroid dienone is 13. The van der Waals surface area contributed by atoms with E-state index in [1.165, 1.54) is 116 Å². The van der Waals surface area contributed by atoms with Crippen LogP contribution < -0.4 is 5.32 Å². The van der Waals surface area contributed by atoms with Gasteiger partial charge in [0.05, 0.1) is 25.4 Å². The van der Waals surface area contributed by atoms with Crippen LogP contribution in [0.15, 0.2) is 85.1 Å². The molecule has 0 radical (unpaired) electrons. The summed E-state index contributed by atoms with van der Waals surface area (Å²) in [5.74, 6) is -0.273. The Balaban J connectivity index is 2.30. The highest BCUT2D eigenvalue weighted by Crippen LogP contribution is 2.22. The van der Waals surface area contributed by atoms with Crippen LogP contribution in [0.5, 0.6) is 0 Å². The van der Waals surface area contributed by atoms with E-state index >= 15 is 0 Å². The van der Waals surface area contributed by atoms with Crippen LogP contribution in [-0.2, 0) is 14.3 Å². The molecule has 0 aromatic heterocycles. The van der Waals surface area contributed by atoms with Crippen LogP contribution in [-0.4, -0.2) is 87.5 Å². The second kappa shape index (κ2) is 44.2. The number of carbonyl (C=O) groups is 1. The van der Waals surface area contributed by atoms with Gasteiger partial charge in [-0.25, -0.2) is 0 Å². The van der Waals surface area contributed by atoms with Gasteiger partial charge in [0.1, 0.15) is 24.4 Å². The van der Waals surface area contributed by atoms with Crippen molar-refractivity contribution in [2.75, 3.05) is 13.2 Å². The predicted octanol–water partition coefficient (Wildman–Crippen LogP) is 11.9. The molecule has 64 heavy (non-hydrogen) atoms. The molecule has 0 aliphatic carbocycles. The normalized spacial score (nSPS) is 20.8. The van der Waals surface area contributed by atoms with E-state index in [0.29, 0.717) is 12.8 Å². The molecule has 0 aromatic rings. The molecule has 0 spiro atoms. The molecule has 7 atom stereocenters. The average Bonchev–Trinajstić information content (AvgIpc) is 3.29. The third-order valence-electron chi connectivity index (χ3n) is 11.7. The Labute approximate surface area is 391 Å². The number of rotatable bonds is 42. The standard InChI is InChI=1S/C55H95NO8/c1-3-5-7-9-11-13-15-17-18-19-20-21-22-23-24-25-26-27-28-29-30-31-33-34-36-38-40-42-44-49(58)48(47-63-55-54(62)53(61)52(60)50(46-57)64-55)56-51(59)45-43-41-39-37-35-32-16-14-12-10-8-6-4-2/h6,8,12,14,29-30,32,34-36,39,41-42,44,48-50,52-55,57-58,60-62H,3-5,7,9-11,13,15-28,31,33,37-38,40,43,45-47H2,1-2H3,(H,56,59)/b8-6-,14-12-,30-29+,35-32-,36-34+,41-39-,44-42+. The molecular weight excluding hydrogens is 803 g/mol. The SMILES string of the molecule is CC/C=C\C/C=C\C/C=C\C/C=C\CCC(=O)NC(COC1OC(CO)C(O)C(O)C1O)C(O)/C=C/CC/C=C/CC/C=C/CCCCCCCCCCCCCCCCCCCC. The van der Waals surface area contributed by atoms with Gasteiger partial charge in [0.15, 0.2) is 6.29 Å². The maximum Gasteiger partial charge on any atom is 0.220 e. The molecule has 1 amide bonds. The van der Waals surface area contributed by atoms with E-state index in [4.69, 9.17) is 9.47 Å². The lowest BCUT2D eigenvalue weighted by atomic mass is 9.99. The molecule has 6 N–H and O–H groups in total. The third-order valence-corrected chi connectivity index (χ3v) is 11.7. The van der Waals surface area contributed by atoms with Gasteiger partial charge in [-0.05, 0) is 70.6 Å². The topological polar surface area (TPSA) is 149 Å². The van der Waals surface area contributed by atoms with Crippen molar-refractivity contribution < 1.29 is 39.8 Å². The zero-order valence-electron chi connectivity index (χ0n) is 40.5.